The highest BCUT2D eigenvalue weighted by Crippen LogP contribution is 2.30. The van der Waals surface area contributed by atoms with Crippen molar-refractivity contribution in [1.82, 2.24) is 15.3 Å². The normalized spacial score (nSPS) is 14.8. The summed E-state index contributed by atoms with van der Waals surface area (Å²) in [5.41, 5.74) is 4.62. The van der Waals surface area contributed by atoms with Crippen molar-refractivity contribution in [2.45, 2.75) is 45.1 Å². The number of hydrazine groups is 1. The summed E-state index contributed by atoms with van der Waals surface area (Å²) in [4.78, 5) is 15.4. The van der Waals surface area contributed by atoms with Crippen molar-refractivity contribution in [1.29, 1.82) is 0 Å². The molecular weight excluding hydrogens is 534 g/mol. The molecule has 3 aromatic carbocycles. The van der Waals surface area contributed by atoms with E-state index in [9.17, 15) is 9.90 Å². The van der Waals surface area contributed by atoms with Crippen LogP contribution >= 0.6 is 0 Å². The Morgan fingerprint density at radius 1 is 0.952 bits per heavy atom. The van der Waals surface area contributed by atoms with Crippen LogP contribution < -0.4 is 30.3 Å². The Kier molecular flexibility index (Phi) is 11.4. The molecule has 1 saturated heterocycles. The van der Waals surface area contributed by atoms with Crippen molar-refractivity contribution in [3.8, 4) is 23.0 Å². The fraction of sp³-hybridized carbons (Fsp3) is 0.406. The molecule has 4 rings (SSSR count). The van der Waals surface area contributed by atoms with Gasteiger partial charge in [0.15, 0.2) is 6.35 Å². The molecule has 0 aromatic heterocycles. The van der Waals surface area contributed by atoms with Gasteiger partial charge in [-0.3, -0.25) is 4.79 Å². The van der Waals surface area contributed by atoms with Crippen LogP contribution in [0.25, 0.3) is 0 Å². The summed E-state index contributed by atoms with van der Waals surface area (Å²) in [6.07, 6.45) is 3.75. The number of nitrogens with one attached hydrogen (secondary N) is 3. The lowest BCUT2D eigenvalue weighted by Gasteiger charge is -2.32. The molecule has 0 radical (unpaired) electrons. The van der Waals surface area contributed by atoms with Crippen molar-refractivity contribution in [3.05, 3.63) is 72.3 Å². The predicted molar refractivity (Wildman–Crippen MR) is 165 cm³/mol. The Labute approximate surface area is 248 Å². The number of rotatable bonds is 14. The minimum Gasteiger partial charge on any atom is -0.497 e. The lowest BCUT2D eigenvalue weighted by atomic mass is 10.1. The third-order valence-corrected chi connectivity index (χ3v) is 6.93. The first kappa shape index (κ1) is 31.1. The van der Waals surface area contributed by atoms with Gasteiger partial charge < -0.3 is 34.9 Å². The summed E-state index contributed by atoms with van der Waals surface area (Å²) >= 11 is 0. The maximum Gasteiger partial charge on any atom is 0.255 e. The van der Waals surface area contributed by atoms with Crippen molar-refractivity contribution in [2.24, 2.45) is 0 Å². The van der Waals surface area contributed by atoms with Gasteiger partial charge in [-0.15, -0.1) is 0 Å². The first-order chi connectivity index (χ1) is 20.3. The summed E-state index contributed by atoms with van der Waals surface area (Å²) in [6, 6.07) is 19.7. The van der Waals surface area contributed by atoms with Gasteiger partial charge >= 0.3 is 0 Å². The molecule has 1 unspecified atom stereocenters. The fourth-order valence-electron chi connectivity index (χ4n) is 4.72. The Morgan fingerprint density at radius 3 is 2.26 bits per heavy atom. The lowest BCUT2D eigenvalue weighted by molar-refractivity contribution is 0.0854. The molecule has 0 aliphatic carbocycles. The smallest absolute Gasteiger partial charge is 0.255 e. The fourth-order valence-corrected chi connectivity index (χ4v) is 4.72. The molecule has 0 saturated carbocycles. The zero-order valence-corrected chi connectivity index (χ0v) is 24.9. The van der Waals surface area contributed by atoms with Gasteiger partial charge in [0.25, 0.3) is 5.91 Å². The van der Waals surface area contributed by atoms with E-state index in [1.54, 1.807) is 80.8 Å². The standard InChI is InChI=1S/C32H43N5O5/c1-5-6-17-37-18-15-28(16-19-37)41-26-11-7-23(8-12-26)31(38)33-24-9-13-27(14-10-24)42-30-21-25(20-29(22-30)40-4)34-32(39)35-36(2)3/h7-14,20-22,28,32,34-35,39H,5-6,15-19H2,1-4H3,(H,33,38). The Balaban J connectivity index is 1.28. The van der Waals surface area contributed by atoms with Gasteiger partial charge in [-0.05, 0) is 74.3 Å². The summed E-state index contributed by atoms with van der Waals surface area (Å²) in [5.74, 6) is 2.26. The van der Waals surface area contributed by atoms with E-state index >= 15 is 0 Å². The first-order valence-electron chi connectivity index (χ1n) is 14.5. The molecule has 0 bridgehead atoms. The highest BCUT2D eigenvalue weighted by atomic mass is 16.5. The number of hydrogen-bond acceptors (Lipinski definition) is 9. The molecule has 0 spiro atoms. The van der Waals surface area contributed by atoms with E-state index in [2.05, 4.69) is 27.9 Å². The number of piperidine rings is 1. The van der Waals surface area contributed by atoms with Gasteiger partial charge in [-0.25, -0.2) is 10.4 Å². The van der Waals surface area contributed by atoms with Crippen molar-refractivity contribution >= 4 is 17.3 Å². The van der Waals surface area contributed by atoms with E-state index in [0.29, 0.717) is 34.2 Å². The number of aliphatic hydroxyl groups excluding tert-OH is 1. The first-order valence-corrected chi connectivity index (χ1v) is 14.5. The molecule has 226 valence electrons. The molecule has 1 amide bonds. The van der Waals surface area contributed by atoms with Crippen molar-refractivity contribution in [2.75, 3.05) is 51.5 Å². The number of carbonyl (C=O) groups is 1. The summed E-state index contributed by atoms with van der Waals surface area (Å²) < 4.78 is 17.6. The average Bonchev–Trinajstić information content (AvgIpc) is 2.97. The number of methoxy groups -OCH3 is 1. The SMILES string of the molecule is CCCCN1CCC(Oc2ccc(C(=O)Nc3ccc(Oc4cc(NC(O)NN(C)C)cc(OC)c4)cc3)cc2)CC1. The molecule has 42 heavy (non-hydrogen) atoms. The number of ether oxygens (including phenoxy) is 3. The van der Waals surface area contributed by atoms with Gasteiger partial charge in [0.05, 0.1) is 7.11 Å². The van der Waals surface area contributed by atoms with Crippen LogP contribution in [0.5, 0.6) is 23.0 Å². The molecule has 10 nitrogen and oxygen atoms in total. The highest BCUT2D eigenvalue weighted by molar-refractivity contribution is 6.04. The van der Waals surface area contributed by atoms with Gasteiger partial charge in [0.1, 0.15) is 29.1 Å². The third-order valence-electron chi connectivity index (χ3n) is 6.93. The molecule has 1 aliphatic heterocycles. The van der Waals surface area contributed by atoms with Crippen LogP contribution in [0, 0.1) is 0 Å². The van der Waals surface area contributed by atoms with Crippen molar-refractivity contribution < 1.29 is 24.1 Å². The zero-order valence-electron chi connectivity index (χ0n) is 24.9. The predicted octanol–water partition coefficient (Wildman–Crippen LogP) is 5.14. The summed E-state index contributed by atoms with van der Waals surface area (Å²) in [6.45, 7) is 5.55. The number of amides is 1. The zero-order chi connectivity index (χ0) is 29.9. The second kappa shape index (κ2) is 15.4. The number of carbonyl (C=O) groups excluding carboxylic acids is 1. The lowest BCUT2D eigenvalue weighted by Crippen LogP contribution is -2.44. The second-order valence-electron chi connectivity index (χ2n) is 10.6. The largest absolute Gasteiger partial charge is 0.497 e. The minimum atomic E-state index is -0.995. The third kappa shape index (κ3) is 9.63. The maximum atomic E-state index is 12.8. The molecule has 3 aromatic rings. The van der Waals surface area contributed by atoms with Crippen LogP contribution in [0.15, 0.2) is 66.7 Å². The summed E-state index contributed by atoms with van der Waals surface area (Å²) in [7, 11) is 5.12. The Morgan fingerprint density at radius 2 is 1.62 bits per heavy atom. The van der Waals surface area contributed by atoms with E-state index in [1.807, 2.05) is 12.1 Å². The van der Waals surface area contributed by atoms with Crippen molar-refractivity contribution in [3.63, 3.8) is 0 Å². The number of anilines is 2. The topological polar surface area (TPSA) is 108 Å². The van der Waals surface area contributed by atoms with Crippen LogP contribution in [-0.2, 0) is 0 Å². The molecular formula is C32H43N5O5. The van der Waals surface area contributed by atoms with Gasteiger partial charge in [0.2, 0.25) is 0 Å². The number of unbranched alkanes of at least 4 members (excludes halogenated alkanes) is 1. The van der Waals surface area contributed by atoms with E-state index in [-0.39, 0.29) is 12.0 Å². The van der Waals surface area contributed by atoms with Gasteiger partial charge in [-0.1, -0.05) is 13.3 Å². The van der Waals surface area contributed by atoms with Crippen LogP contribution in [0.1, 0.15) is 43.0 Å². The maximum absolute atomic E-state index is 12.8. The number of aliphatic hydroxyl groups is 1. The van der Waals surface area contributed by atoms with E-state index in [1.165, 1.54) is 19.4 Å². The number of benzene rings is 3. The molecule has 4 N–H and O–H groups in total. The average molecular weight is 578 g/mol. The number of hydrogen-bond donors (Lipinski definition) is 4. The molecule has 1 atom stereocenters. The van der Waals surface area contributed by atoms with E-state index < -0.39 is 6.35 Å². The van der Waals surface area contributed by atoms with Crippen LogP contribution in [0.3, 0.4) is 0 Å². The highest BCUT2D eigenvalue weighted by Gasteiger charge is 2.20. The van der Waals surface area contributed by atoms with E-state index in [4.69, 9.17) is 14.2 Å². The second-order valence-corrected chi connectivity index (χ2v) is 10.6. The Bertz CT molecular complexity index is 1260. The van der Waals surface area contributed by atoms with Gasteiger partial charge in [-0.2, -0.15) is 0 Å². The number of likely N-dealkylation sites (tertiary alicyclic amines) is 1. The van der Waals surface area contributed by atoms with E-state index in [0.717, 1.165) is 31.7 Å². The summed E-state index contributed by atoms with van der Waals surface area (Å²) in [5, 5.41) is 17.6. The quantitative estimate of drug-likeness (QED) is 0.153. The minimum absolute atomic E-state index is 0.201. The van der Waals surface area contributed by atoms with Gasteiger partial charge in [0, 0.05) is 62.3 Å². The van der Waals surface area contributed by atoms with Crippen LogP contribution in [-0.4, -0.2) is 74.2 Å². The number of nitrogens with zero attached hydrogens (tertiary/aromatic N) is 2. The molecule has 1 fully saturated rings. The monoisotopic (exact) mass is 577 g/mol. The molecule has 1 heterocycles. The molecule has 10 heteroatoms. The molecule has 1 aliphatic rings. The van der Waals surface area contributed by atoms with Crippen LogP contribution in [0.2, 0.25) is 0 Å². The Hall–Kier alpha value is -3.83. The van der Waals surface area contributed by atoms with Crippen LogP contribution in [0.4, 0.5) is 11.4 Å².